The summed E-state index contributed by atoms with van der Waals surface area (Å²) in [5.41, 5.74) is 2.72. The van der Waals surface area contributed by atoms with E-state index in [0.717, 1.165) is 11.1 Å². The lowest BCUT2D eigenvalue weighted by Crippen LogP contribution is -2.35. The van der Waals surface area contributed by atoms with Gasteiger partial charge in [-0.3, -0.25) is 4.79 Å². The highest BCUT2D eigenvalue weighted by Gasteiger charge is 2.18. The largest absolute Gasteiger partial charge is 0.449 e. The normalized spacial score (nSPS) is 11.2. The predicted octanol–water partition coefficient (Wildman–Crippen LogP) is 2.73. The van der Waals surface area contributed by atoms with Crippen molar-refractivity contribution < 1.29 is 14.3 Å². The summed E-state index contributed by atoms with van der Waals surface area (Å²) in [4.78, 5) is 24.1. The number of nitriles is 1. The van der Waals surface area contributed by atoms with Crippen molar-refractivity contribution in [3.63, 3.8) is 0 Å². The molecule has 0 unspecified atom stereocenters. The maximum atomic E-state index is 12.0. The zero-order valence-corrected chi connectivity index (χ0v) is 13.6. The van der Waals surface area contributed by atoms with Gasteiger partial charge in [-0.1, -0.05) is 35.9 Å². The molecule has 0 aliphatic heterocycles. The standard InChI is InChI=1S/C19H18N2O3/c1-13-6-8-15(9-7-13)12-21-18(22)14(2)24-19(23)17-5-3-4-16(10-17)11-20/h3-10,14H,12H2,1-2H3,(H,21,22)/t14-/m0/s1. The summed E-state index contributed by atoms with van der Waals surface area (Å²) in [5, 5.41) is 11.6. The van der Waals surface area contributed by atoms with Gasteiger partial charge in [0.1, 0.15) is 0 Å². The lowest BCUT2D eigenvalue weighted by atomic mass is 10.1. The monoisotopic (exact) mass is 322 g/mol. The highest BCUT2D eigenvalue weighted by Crippen LogP contribution is 2.08. The Labute approximate surface area is 140 Å². The summed E-state index contributed by atoms with van der Waals surface area (Å²) in [7, 11) is 0. The topological polar surface area (TPSA) is 79.2 Å². The van der Waals surface area contributed by atoms with Crippen LogP contribution in [0, 0.1) is 18.3 Å². The van der Waals surface area contributed by atoms with E-state index in [1.165, 1.54) is 13.0 Å². The molecule has 0 heterocycles. The average Bonchev–Trinajstić information content (AvgIpc) is 2.60. The van der Waals surface area contributed by atoms with Crippen molar-refractivity contribution in [1.82, 2.24) is 5.32 Å². The van der Waals surface area contributed by atoms with Crippen molar-refractivity contribution >= 4 is 11.9 Å². The van der Waals surface area contributed by atoms with Crippen LogP contribution in [0.3, 0.4) is 0 Å². The molecule has 0 saturated heterocycles. The van der Waals surface area contributed by atoms with E-state index in [0.29, 0.717) is 12.1 Å². The van der Waals surface area contributed by atoms with Crippen LogP contribution in [-0.2, 0) is 16.1 Å². The molecule has 122 valence electrons. The lowest BCUT2D eigenvalue weighted by molar-refractivity contribution is -0.129. The molecule has 2 rings (SSSR count). The van der Waals surface area contributed by atoms with Crippen LogP contribution >= 0.6 is 0 Å². The van der Waals surface area contributed by atoms with Crippen LogP contribution < -0.4 is 5.32 Å². The van der Waals surface area contributed by atoms with Crippen LogP contribution in [0.15, 0.2) is 48.5 Å². The molecule has 2 aromatic rings. The number of rotatable bonds is 5. The zero-order chi connectivity index (χ0) is 17.5. The van der Waals surface area contributed by atoms with Gasteiger partial charge in [-0.2, -0.15) is 5.26 Å². The second-order valence-corrected chi connectivity index (χ2v) is 5.44. The lowest BCUT2D eigenvalue weighted by Gasteiger charge is -2.13. The van der Waals surface area contributed by atoms with Crippen LogP contribution in [-0.4, -0.2) is 18.0 Å². The third-order valence-electron chi connectivity index (χ3n) is 3.47. The fourth-order valence-electron chi connectivity index (χ4n) is 2.04. The van der Waals surface area contributed by atoms with Crippen LogP contribution in [0.25, 0.3) is 0 Å². The van der Waals surface area contributed by atoms with E-state index in [2.05, 4.69) is 5.32 Å². The Morgan fingerprint density at radius 1 is 1.21 bits per heavy atom. The smallest absolute Gasteiger partial charge is 0.338 e. The van der Waals surface area contributed by atoms with Crippen LogP contribution in [0.4, 0.5) is 0 Å². The summed E-state index contributed by atoms with van der Waals surface area (Å²) >= 11 is 0. The van der Waals surface area contributed by atoms with Crippen molar-refractivity contribution in [3.05, 3.63) is 70.8 Å². The van der Waals surface area contributed by atoms with Gasteiger partial charge < -0.3 is 10.1 Å². The summed E-state index contributed by atoms with van der Waals surface area (Å²) in [5.74, 6) is -1.01. The van der Waals surface area contributed by atoms with Gasteiger partial charge in [-0.05, 0) is 37.6 Å². The second-order valence-electron chi connectivity index (χ2n) is 5.44. The minimum atomic E-state index is -0.923. The number of benzene rings is 2. The quantitative estimate of drug-likeness (QED) is 0.858. The summed E-state index contributed by atoms with van der Waals surface area (Å²) < 4.78 is 5.14. The van der Waals surface area contributed by atoms with Gasteiger partial charge in [0.2, 0.25) is 0 Å². The first-order valence-corrected chi connectivity index (χ1v) is 7.54. The molecule has 0 aliphatic rings. The van der Waals surface area contributed by atoms with Gasteiger partial charge in [0.05, 0.1) is 17.2 Å². The van der Waals surface area contributed by atoms with Gasteiger partial charge in [0.25, 0.3) is 5.91 Å². The Balaban J connectivity index is 1.89. The number of esters is 1. The van der Waals surface area contributed by atoms with Crippen molar-refractivity contribution in [2.75, 3.05) is 0 Å². The van der Waals surface area contributed by atoms with Gasteiger partial charge in [0, 0.05) is 6.54 Å². The van der Waals surface area contributed by atoms with Crippen molar-refractivity contribution in [1.29, 1.82) is 5.26 Å². The van der Waals surface area contributed by atoms with E-state index >= 15 is 0 Å². The maximum absolute atomic E-state index is 12.0. The first-order valence-electron chi connectivity index (χ1n) is 7.54. The number of nitrogens with zero attached hydrogens (tertiary/aromatic N) is 1. The molecule has 0 aliphatic carbocycles. The van der Waals surface area contributed by atoms with E-state index in [1.807, 2.05) is 37.3 Å². The van der Waals surface area contributed by atoms with Gasteiger partial charge in [0.15, 0.2) is 6.10 Å². The second kappa shape index (κ2) is 7.93. The molecule has 5 nitrogen and oxygen atoms in total. The van der Waals surface area contributed by atoms with Crippen LogP contribution in [0.5, 0.6) is 0 Å². The van der Waals surface area contributed by atoms with E-state index < -0.39 is 12.1 Å². The molecule has 2 aromatic carbocycles. The minimum Gasteiger partial charge on any atom is -0.449 e. The molecular formula is C19H18N2O3. The third kappa shape index (κ3) is 4.68. The zero-order valence-electron chi connectivity index (χ0n) is 13.6. The van der Waals surface area contributed by atoms with E-state index in [-0.39, 0.29) is 11.5 Å². The molecule has 0 spiro atoms. The fraction of sp³-hybridized carbons (Fsp3) is 0.211. The van der Waals surface area contributed by atoms with E-state index in [1.54, 1.807) is 18.2 Å². The number of aryl methyl sites for hydroxylation is 1. The molecule has 1 atom stereocenters. The number of carbonyl (C=O) groups is 2. The number of amides is 1. The number of carbonyl (C=O) groups excluding carboxylic acids is 2. The average molecular weight is 322 g/mol. The predicted molar refractivity (Wildman–Crippen MR) is 89.1 cm³/mol. The highest BCUT2D eigenvalue weighted by molar-refractivity contribution is 5.92. The summed E-state index contributed by atoms with van der Waals surface area (Å²) in [6.45, 7) is 3.87. The SMILES string of the molecule is Cc1ccc(CNC(=O)[C@H](C)OC(=O)c2cccc(C#N)c2)cc1. The summed E-state index contributed by atoms with van der Waals surface area (Å²) in [6, 6.07) is 15.9. The molecule has 0 fully saturated rings. The number of ether oxygens (including phenoxy) is 1. The molecule has 24 heavy (non-hydrogen) atoms. The van der Waals surface area contributed by atoms with Gasteiger partial charge >= 0.3 is 5.97 Å². The van der Waals surface area contributed by atoms with Crippen molar-refractivity contribution in [2.24, 2.45) is 0 Å². The van der Waals surface area contributed by atoms with E-state index in [9.17, 15) is 9.59 Å². The third-order valence-corrected chi connectivity index (χ3v) is 3.47. The molecule has 0 bridgehead atoms. The van der Waals surface area contributed by atoms with Crippen LogP contribution in [0.1, 0.15) is 34.0 Å². The van der Waals surface area contributed by atoms with Crippen molar-refractivity contribution in [2.45, 2.75) is 26.5 Å². The molecule has 1 N–H and O–H groups in total. The number of hydrogen-bond acceptors (Lipinski definition) is 4. The molecule has 5 heteroatoms. The Kier molecular flexibility index (Phi) is 5.69. The maximum Gasteiger partial charge on any atom is 0.338 e. The molecule has 0 saturated carbocycles. The van der Waals surface area contributed by atoms with Gasteiger partial charge in [-0.15, -0.1) is 0 Å². The molecular weight excluding hydrogens is 304 g/mol. The Hall–Kier alpha value is -3.13. The minimum absolute atomic E-state index is 0.243. The number of hydrogen-bond donors (Lipinski definition) is 1. The highest BCUT2D eigenvalue weighted by atomic mass is 16.5. The first kappa shape index (κ1) is 17.2. The molecule has 0 aromatic heterocycles. The van der Waals surface area contributed by atoms with Crippen LogP contribution in [0.2, 0.25) is 0 Å². The van der Waals surface area contributed by atoms with Crippen molar-refractivity contribution in [3.8, 4) is 6.07 Å². The summed E-state index contributed by atoms with van der Waals surface area (Å²) in [6.07, 6.45) is -0.923. The first-order chi connectivity index (χ1) is 11.5. The fourth-order valence-corrected chi connectivity index (χ4v) is 2.04. The molecule has 1 amide bonds. The number of nitrogens with one attached hydrogen (secondary N) is 1. The Morgan fingerprint density at radius 2 is 1.92 bits per heavy atom. The Morgan fingerprint density at radius 3 is 2.58 bits per heavy atom. The Bertz CT molecular complexity index is 776. The van der Waals surface area contributed by atoms with Gasteiger partial charge in [-0.25, -0.2) is 4.79 Å². The van der Waals surface area contributed by atoms with E-state index in [4.69, 9.17) is 10.00 Å². The molecule has 0 radical (unpaired) electrons.